The third kappa shape index (κ3) is 3.80. The average molecular weight is 334 g/mol. The molecule has 3 rings (SSSR count). The molecule has 1 aromatic heterocycles. The van der Waals surface area contributed by atoms with E-state index in [-0.39, 0.29) is 16.7 Å². The van der Waals surface area contributed by atoms with Crippen molar-refractivity contribution in [1.29, 1.82) is 0 Å². The number of rotatable bonds is 6. The summed E-state index contributed by atoms with van der Waals surface area (Å²) in [6.45, 7) is 1.93. The molecule has 0 spiro atoms. The van der Waals surface area contributed by atoms with E-state index in [4.69, 9.17) is 4.42 Å². The molecule has 0 radical (unpaired) electrons. The van der Waals surface area contributed by atoms with E-state index in [1.165, 1.54) is 12.1 Å². The summed E-state index contributed by atoms with van der Waals surface area (Å²) in [5.41, 5.74) is 0.406. The fourth-order valence-electron chi connectivity index (χ4n) is 2.11. The molecule has 2 aromatic rings. The molecule has 1 heterocycles. The number of carbonyl (C=O) groups excluding carboxylic acids is 1. The minimum atomic E-state index is -3.54. The monoisotopic (exact) mass is 334 g/mol. The maximum atomic E-state index is 12.2. The molecule has 1 amide bonds. The molecule has 23 heavy (non-hydrogen) atoms. The molecule has 0 aliphatic heterocycles. The Morgan fingerprint density at radius 3 is 2.70 bits per heavy atom. The van der Waals surface area contributed by atoms with Gasteiger partial charge in [0.25, 0.3) is 5.91 Å². The van der Waals surface area contributed by atoms with Crippen LogP contribution >= 0.6 is 0 Å². The predicted molar refractivity (Wildman–Crippen MR) is 85.8 cm³/mol. The molecular weight excluding hydrogens is 316 g/mol. The molecule has 2 N–H and O–H groups in total. The van der Waals surface area contributed by atoms with Crippen LogP contribution in [0.15, 0.2) is 45.7 Å². The molecular formula is C16H18N2O4S. The van der Waals surface area contributed by atoms with Crippen LogP contribution in [0.2, 0.25) is 0 Å². The zero-order valence-electron chi connectivity index (χ0n) is 12.7. The van der Waals surface area contributed by atoms with Gasteiger partial charge in [0, 0.05) is 18.2 Å². The van der Waals surface area contributed by atoms with E-state index >= 15 is 0 Å². The Bertz CT molecular complexity index is 822. The lowest BCUT2D eigenvalue weighted by Crippen LogP contribution is -2.25. The highest BCUT2D eigenvalue weighted by atomic mass is 32.2. The highest BCUT2D eigenvalue weighted by molar-refractivity contribution is 7.89. The summed E-state index contributed by atoms with van der Waals surface area (Å²) < 4.78 is 32.4. The van der Waals surface area contributed by atoms with Crippen LogP contribution in [0, 0.1) is 0 Å². The third-order valence-corrected chi connectivity index (χ3v) is 5.05. The van der Waals surface area contributed by atoms with Crippen molar-refractivity contribution in [3.05, 3.63) is 47.9 Å². The normalized spacial score (nSPS) is 14.7. The van der Waals surface area contributed by atoms with Gasteiger partial charge in [0.15, 0.2) is 5.76 Å². The van der Waals surface area contributed by atoms with Crippen LogP contribution in [0.25, 0.3) is 0 Å². The van der Waals surface area contributed by atoms with Crippen LogP contribution in [-0.4, -0.2) is 20.4 Å². The first-order valence-corrected chi connectivity index (χ1v) is 8.99. The van der Waals surface area contributed by atoms with E-state index < -0.39 is 15.9 Å². The highest BCUT2D eigenvalue weighted by Gasteiger charge is 2.28. The SMILES string of the molecule is CCc1ccc(C(=O)Nc2cccc(S(=O)(=O)NC3CC3)c2)o1. The summed E-state index contributed by atoms with van der Waals surface area (Å²) in [4.78, 5) is 12.3. The molecule has 0 atom stereocenters. The number of benzene rings is 1. The second-order valence-electron chi connectivity index (χ2n) is 5.50. The van der Waals surface area contributed by atoms with Gasteiger partial charge in [-0.25, -0.2) is 13.1 Å². The van der Waals surface area contributed by atoms with Gasteiger partial charge in [-0.1, -0.05) is 13.0 Å². The van der Waals surface area contributed by atoms with Gasteiger partial charge in [-0.05, 0) is 43.2 Å². The lowest BCUT2D eigenvalue weighted by molar-refractivity contribution is 0.0995. The van der Waals surface area contributed by atoms with Gasteiger partial charge >= 0.3 is 0 Å². The topological polar surface area (TPSA) is 88.4 Å². The fourth-order valence-corrected chi connectivity index (χ4v) is 3.46. The molecule has 0 bridgehead atoms. The second-order valence-corrected chi connectivity index (χ2v) is 7.21. The van der Waals surface area contributed by atoms with E-state index in [1.807, 2.05) is 6.92 Å². The number of sulfonamides is 1. The van der Waals surface area contributed by atoms with Crippen molar-refractivity contribution in [2.24, 2.45) is 0 Å². The molecule has 122 valence electrons. The zero-order valence-corrected chi connectivity index (χ0v) is 13.5. The summed E-state index contributed by atoms with van der Waals surface area (Å²) in [6.07, 6.45) is 2.44. The number of aryl methyl sites for hydroxylation is 1. The first kappa shape index (κ1) is 15.8. The molecule has 7 heteroatoms. The smallest absolute Gasteiger partial charge is 0.291 e. The van der Waals surface area contributed by atoms with E-state index in [2.05, 4.69) is 10.0 Å². The van der Waals surface area contributed by atoms with Crippen molar-refractivity contribution in [1.82, 2.24) is 4.72 Å². The van der Waals surface area contributed by atoms with Crippen LogP contribution in [0.3, 0.4) is 0 Å². The van der Waals surface area contributed by atoms with Crippen molar-refractivity contribution < 1.29 is 17.6 Å². The van der Waals surface area contributed by atoms with E-state index in [1.54, 1.807) is 24.3 Å². The lowest BCUT2D eigenvalue weighted by atomic mass is 10.3. The number of hydrogen-bond donors (Lipinski definition) is 2. The van der Waals surface area contributed by atoms with Crippen LogP contribution in [-0.2, 0) is 16.4 Å². The molecule has 1 aliphatic rings. The van der Waals surface area contributed by atoms with E-state index in [9.17, 15) is 13.2 Å². The van der Waals surface area contributed by atoms with Gasteiger partial charge in [-0.2, -0.15) is 0 Å². The molecule has 6 nitrogen and oxygen atoms in total. The van der Waals surface area contributed by atoms with Crippen molar-refractivity contribution in [2.75, 3.05) is 5.32 Å². The fraction of sp³-hybridized carbons (Fsp3) is 0.312. The number of nitrogens with one attached hydrogen (secondary N) is 2. The largest absolute Gasteiger partial charge is 0.456 e. The van der Waals surface area contributed by atoms with Crippen LogP contribution in [0.5, 0.6) is 0 Å². The Hall–Kier alpha value is -2.12. The lowest BCUT2D eigenvalue weighted by Gasteiger charge is -2.08. The Morgan fingerprint density at radius 1 is 1.26 bits per heavy atom. The van der Waals surface area contributed by atoms with Crippen molar-refractivity contribution >= 4 is 21.6 Å². The maximum Gasteiger partial charge on any atom is 0.291 e. The summed E-state index contributed by atoms with van der Waals surface area (Å²) in [6, 6.07) is 9.55. The number of furan rings is 1. The number of carbonyl (C=O) groups is 1. The molecule has 0 saturated heterocycles. The molecule has 1 aromatic carbocycles. The minimum Gasteiger partial charge on any atom is -0.456 e. The van der Waals surface area contributed by atoms with Crippen molar-refractivity contribution in [2.45, 2.75) is 37.1 Å². The van der Waals surface area contributed by atoms with Crippen molar-refractivity contribution in [3.8, 4) is 0 Å². The van der Waals surface area contributed by atoms with Crippen molar-refractivity contribution in [3.63, 3.8) is 0 Å². The molecule has 1 saturated carbocycles. The maximum absolute atomic E-state index is 12.2. The Kier molecular flexibility index (Phi) is 4.23. The summed E-state index contributed by atoms with van der Waals surface area (Å²) in [5, 5.41) is 2.65. The van der Waals surface area contributed by atoms with Crippen LogP contribution < -0.4 is 10.0 Å². The number of amides is 1. The van der Waals surface area contributed by atoms with Gasteiger partial charge in [0.05, 0.1) is 4.90 Å². The van der Waals surface area contributed by atoms with Gasteiger partial charge < -0.3 is 9.73 Å². The average Bonchev–Trinajstić information content (AvgIpc) is 3.18. The minimum absolute atomic E-state index is 0.0360. The quantitative estimate of drug-likeness (QED) is 0.849. The summed E-state index contributed by atoms with van der Waals surface area (Å²) >= 11 is 0. The summed E-state index contributed by atoms with van der Waals surface area (Å²) in [7, 11) is -3.54. The predicted octanol–water partition coefficient (Wildman–Crippen LogP) is 2.54. The Labute approximate surface area is 134 Å². The van der Waals surface area contributed by atoms with Gasteiger partial charge in [-0.15, -0.1) is 0 Å². The van der Waals surface area contributed by atoms with Crippen LogP contribution in [0.4, 0.5) is 5.69 Å². The Balaban J connectivity index is 1.75. The van der Waals surface area contributed by atoms with Gasteiger partial charge in [0.2, 0.25) is 10.0 Å². The standard InChI is InChI=1S/C16H18N2O4S/c1-2-13-8-9-15(22-13)16(19)17-12-4-3-5-14(10-12)23(20,21)18-11-6-7-11/h3-5,8-11,18H,2,6-7H2,1H3,(H,17,19). The first-order chi connectivity index (χ1) is 11.0. The first-order valence-electron chi connectivity index (χ1n) is 7.50. The Morgan fingerprint density at radius 2 is 2.04 bits per heavy atom. The number of hydrogen-bond acceptors (Lipinski definition) is 4. The van der Waals surface area contributed by atoms with E-state index in [0.29, 0.717) is 12.1 Å². The third-order valence-electron chi connectivity index (χ3n) is 3.54. The second kappa shape index (κ2) is 6.17. The van der Waals surface area contributed by atoms with E-state index in [0.717, 1.165) is 18.6 Å². The zero-order chi connectivity index (χ0) is 16.4. The molecule has 0 unspecified atom stereocenters. The summed E-state index contributed by atoms with van der Waals surface area (Å²) in [5.74, 6) is 0.515. The highest BCUT2D eigenvalue weighted by Crippen LogP contribution is 2.23. The molecule has 1 fully saturated rings. The van der Waals surface area contributed by atoms with Gasteiger partial charge in [-0.3, -0.25) is 4.79 Å². The molecule has 1 aliphatic carbocycles. The number of anilines is 1. The van der Waals surface area contributed by atoms with Gasteiger partial charge in [0.1, 0.15) is 5.76 Å². The van der Waals surface area contributed by atoms with Crippen LogP contribution in [0.1, 0.15) is 36.1 Å².